The minimum absolute atomic E-state index is 0.00700. The fourth-order valence-electron chi connectivity index (χ4n) is 7.72. The second kappa shape index (κ2) is 15.5. The SMILES string of the molecule is CCOCCn1c(C(=O)C2CCN(CCC3(c4ccccc4)CCN(Cc4cc(OC)c(OC)c(OC)c4)C3)CC2)nc2ccccc21. The molecule has 9 heteroatoms. The largest absolute Gasteiger partial charge is 0.493 e. The molecule has 0 spiro atoms. The third-order valence-corrected chi connectivity index (χ3v) is 10.4. The lowest BCUT2D eigenvalue weighted by atomic mass is 9.76. The number of ketones is 1. The summed E-state index contributed by atoms with van der Waals surface area (Å²) in [6, 6.07) is 23.2. The number of carbonyl (C=O) groups is 1. The number of ether oxygens (including phenoxy) is 4. The number of rotatable bonds is 15. The second-order valence-corrected chi connectivity index (χ2v) is 13.1. The van der Waals surface area contributed by atoms with Crippen molar-refractivity contribution in [3.63, 3.8) is 0 Å². The molecule has 0 saturated carbocycles. The van der Waals surface area contributed by atoms with Gasteiger partial charge in [0, 0.05) is 37.6 Å². The molecule has 3 aromatic carbocycles. The Labute approximate surface area is 284 Å². The summed E-state index contributed by atoms with van der Waals surface area (Å²) < 4.78 is 24.5. The van der Waals surface area contributed by atoms with E-state index in [1.165, 1.54) is 5.56 Å². The highest BCUT2D eigenvalue weighted by Gasteiger charge is 2.40. The van der Waals surface area contributed by atoms with Crippen LogP contribution < -0.4 is 14.2 Å². The second-order valence-electron chi connectivity index (χ2n) is 13.1. The van der Waals surface area contributed by atoms with Gasteiger partial charge in [0.15, 0.2) is 17.3 Å². The lowest BCUT2D eigenvalue weighted by Crippen LogP contribution is -2.41. The number of piperidine rings is 1. The summed E-state index contributed by atoms with van der Waals surface area (Å²) in [7, 11) is 4.96. The molecule has 256 valence electrons. The van der Waals surface area contributed by atoms with E-state index in [1.807, 2.05) is 31.2 Å². The summed E-state index contributed by atoms with van der Waals surface area (Å²) in [5.41, 5.74) is 4.50. The van der Waals surface area contributed by atoms with Crippen LogP contribution in [-0.4, -0.2) is 92.4 Å². The van der Waals surface area contributed by atoms with Crippen LogP contribution in [0.2, 0.25) is 0 Å². The van der Waals surface area contributed by atoms with Crippen molar-refractivity contribution in [2.75, 3.05) is 67.3 Å². The number of para-hydroxylation sites is 2. The first-order chi connectivity index (χ1) is 23.5. The molecule has 2 aliphatic heterocycles. The average molecular weight is 655 g/mol. The zero-order valence-corrected chi connectivity index (χ0v) is 29.0. The van der Waals surface area contributed by atoms with Crippen LogP contribution in [0.1, 0.15) is 54.4 Å². The van der Waals surface area contributed by atoms with E-state index in [9.17, 15) is 4.79 Å². The number of fused-ring (bicyclic) bond motifs is 1. The molecule has 2 saturated heterocycles. The van der Waals surface area contributed by atoms with Gasteiger partial charge in [0.05, 0.1) is 39.0 Å². The van der Waals surface area contributed by atoms with Crippen molar-refractivity contribution in [1.82, 2.24) is 19.4 Å². The van der Waals surface area contributed by atoms with Gasteiger partial charge < -0.3 is 28.4 Å². The molecule has 9 nitrogen and oxygen atoms in total. The number of likely N-dealkylation sites (tertiary alicyclic amines) is 2. The lowest BCUT2D eigenvalue weighted by molar-refractivity contribution is 0.0813. The number of methoxy groups -OCH3 is 3. The van der Waals surface area contributed by atoms with Gasteiger partial charge in [-0.25, -0.2) is 4.98 Å². The van der Waals surface area contributed by atoms with Crippen LogP contribution in [0.25, 0.3) is 11.0 Å². The molecular weight excluding hydrogens is 604 g/mol. The van der Waals surface area contributed by atoms with Gasteiger partial charge in [0.25, 0.3) is 0 Å². The smallest absolute Gasteiger partial charge is 0.203 e. The van der Waals surface area contributed by atoms with Crippen molar-refractivity contribution < 1.29 is 23.7 Å². The fraction of sp³-hybridized carbons (Fsp3) is 0.487. The number of carbonyl (C=O) groups excluding carboxylic acids is 1. The Morgan fingerprint density at radius 2 is 1.58 bits per heavy atom. The summed E-state index contributed by atoms with van der Waals surface area (Å²) in [6.45, 7) is 9.54. The molecule has 2 fully saturated rings. The first-order valence-corrected chi connectivity index (χ1v) is 17.3. The number of Topliss-reactive ketones (excluding diaryl/α,β-unsaturated/α-hetero) is 1. The van der Waals surface area contributed by atoms with Crippen LogP contribution in [0.5, 0.6) is 17.2 Å². The van der Waals surface area contributed by atoms with Crippen LogP contribution in [0.3, 0.4) is 0 Å². The third kappa shape index (κ3) is 7.23. The Bertz CT molecular complexity index is 1640. The van der Waals surface area contributed by atoms with E-state index in [2.05, 4.69) is 56.8 Å². The monoisotopic (exact) mass is 654 g/mol. The predicted octanol–water partition coefficient (Wildman–Crippen LogP) is 6.23. The molecule has 2 aliphatic rings. The predicted molar refractivity (Wildman–Crippen MR) is 188 cm³/mol. The minimum Gasteiger partial charge on any atom is -0.493 e. The maximum atomic E-state index is 13.9. The number of imidazole rings is 1. The zero-order valence-electron chi connectivity index (χ0n) is 29.0. The van der Waals surface area contributed by atoms with Crippen molar-refractivity contribution in [3.05, 3.63) is 83.7 Å². The zero-order chi connectivity index (χ0) is 33.5. The number of hydrogen-bond donors (Lipinski definition) is 0. The average Bonchev–Trinajstić information content (AvgIpc) is 3.72. The van der Waals surface area contributed by atoms with Crippen LogP contribution in [0.4, 0.5) is 0 Å². The first-order valence-electron chi connectivity index (χ1n) is 17.3. The van der Waals surface area contributed by atoms with Crippen molar-refractivity contribution in [3.8, 4) is 17.2 Å². The summed E-state index contributed by atoms with van der Waals surface area (Å²) in [4.78, 5) is 23.8. The molecule has 48 heavy (non-hydrogen) atoms. The topological polar surface area (TPSA) is 78.3 Å². The summed E-state index contributed by atoms with van der Waals surface area (Å²) in [6.07, 6.45) is 3.90. The van der Waals surface area contributed by atoms with Gasteiger partial charge in [-0.3, -0.25) is 9.69 Å². The maximum absolute atomic E-state index is 13.9. The minimum atomic E-state index is -0.00700. The Morgan fingerprint density at radius 3 is 2.27 bits per heavy atom. The van der Waals surface area contributed by atoms with E-state index in [4.69, 9.17) is 23.9 Å². The number of hydrogen-bond acceptors (Lipinski definition) is 8. The maximum Gasteiger partial charge on any atom is 0.203 e. The van der Waals surface area contributed by atoms with E-state index in [1.54, 1.807) is 21.3 Å². The molecule has 4 aromatic rings. The summed E-state index contributed by atoms with van der Waals surface area (Å²) in [5, 5.41) is 0. The van der Waals surface area contributed by atoms with Crippen LogP contribution in [0, 0.1) is 5.92 Å². The Balaban J connectivity index is 1.10. The number of benzene rings is 3. The lowest BCUT2D eigenvalue weighted by Gasteiger charge is -2.36. The van der Waals surface area contributed by atoms with Gasteiger partial charge >= 0.3 is 0 Å². The van der Waals surface area contributed by atoms with Crippen LogP contribution >= 0.6 is 0 Å². The first kappa shape index (κ1) is 34.0. The molecule has 1 aromatic heterocycles. The van der Waals surface area contributed by atoms with Gasteiger partial charge in [-0.2, -0.15) is 0 Å². The highest BCUT2D eigenvalue weighted by Crippen LogP contribution is 2.41. The van der Waals surface area contributed by atoms with Gasteiger partial charge in [0.2, 0.25) is 11.5 Å². The van der Waals surface area contributed by atoms with Gasteiger partial charge in [-0.1, -0.05) is 42.5 Å². The molecule has 0 N–H and O–H groups in total. The molecule has 3 heterocycles. The molecule has 1 unspecified atom stereocenters. The highest BCUT2D eigenvalue weighted by atomic mass is 16.5. The van der Waals surface area contributed by atoms with Gasteiger partial charge in [0.1, 0.15) is 0 Å². The van der Waals surface area contributed by atoms with Crippen LogP contribution in [0.15, 0.2) is 66.7 Å². The molecule has 0 aliphatic carbocycles. The van der Waals surface area contributed by atoms with Gasteiger partial charge in [-0.15, -0.1) is 0 Å². The quantitative estimate of drug-likeness (QED) is 0.110. The number of nitrogens with zero attached hydrogens (tertiary/aromatic N) is 4. The molecule has 6 rings (SSSR count). The Morgan fingerprint density at radius 1 is 0.875 bits per heavy atom. The normalized spacial score (nSPS) is 19.2. The van der Waals surface area contributed by atoms with E-state index in [-0.39, 0.29) is 17.1 Å². The number of aromatic nitrogens is 2. The standard InChI is InChI=1S/C39H50N4O5/c1-5-48-24-23-43-33-14-10-9-13-32(33)40-38(43)36(44)30-15-19-41(20-16-30)21-17-39(31-11-7-6-8-12-31)18-22-42(28-39)27-29-25-34(45-2)37(47-4)35(26-29)46-3/h6-14,25-26,30H,5,15-24,27-28H2,1-4H3. The van der Waals surface area contributed by atoms with E-state index in [0.717, 1.165) is 81.5 Å². The van der Waals surface area contributed by atoms with Crippen LogP contribution in [-0.2, 0) is 23.2 Å². The highest BCUT2D eigenvalue weighted by molar-refractivity contribution is 5.98. The molecule has 0 bridgehead atoms. The summed E-state index contributed by atoms with van der Waals surface area (Å²) >= 11 is 0. The van der Waals surface area contributed by atoms with Crippen molar-refractivity contribution >= 4 is 16.8 Å². The summed E-state index contributed by atoms with van der Waals surface area (Å²) in [5.74, 6) is 2.73. The third-order valence-electron chi connectivity index (χ3n) is 10.4. The molecular formula is C39H50N4O5. The van der Waals surface area contributed by atoms with Crippen molar-refractivity contribution in [2.24, 2.45) is 5.92 Å². The van der Waals surface area contributed by atoms with Crippen molar-refractivity contribution in [2.45, 2.75) is 51.1 Å². The Kier molecular flexibility index (Phi) is 11.0. The van der Waals surface area contributed by atoms with Gasteiger partial charge in [-0.05, 0) is 94.2 Å². The molecule has 0 radical (unpaired) electrons. The fourth-order valence-corrected chi connectivity index (χ4v) is 7.72. The molecule has 1 atom stereocenters. The molecule has 0 amide bonds. The van der Waals surface area contributed by atoms with E-state index >= 15 is 0 Å². The Hall–Kier alpha value is -3.92. The van der Waals surface area contributed by atoms with E-state index < -0.39 is 0 Å². The van der Waals surface area contributed by atoms with Crippen molar-refractivity contribution in [1.29, 1.82) is 0 Å². The van der Waals surface area contributed by atoms with E-state index in [0.29, 0.717) is 42.8 Å².